The fourth-order valence-corrected chi connectivity index (χ4v) is 3.33. The molecule has 1 aliphatic heterocycles. The minimum absolute atomic E-state index is 0.0479. The number of allylic oxidation sites excluding steroid dienone is 1. The number of rotatable bonds is 4. The number of halogens is 7. The number of aliphatic imine (C=N–C) groups is 1. The van der Waals surface area contributed by atoms with Crippen LogP contribution in [0.4, 0.5) is 26.3 Å². The molecule has 1 aromatic heterocycles. The van der Waals surface area contributed by atoms with Gasteiger partial charge in [-0.05, 0) is 51.5 Å². The van der Waals surface area contributed by atoms with Gasteiger partial charge in [-0.2, -0.15) is 26.3 Å². The summed E-state index contributed by atoms with van der Waals surface area (Å²) in [5.41, 5.74) is -5.00. The van der Waals surface area contributed by atoms with Gasteiger partial charge >= 0.3 is 12.4 Å². The van der Waals surface area contributed by atoms with E-state index in [4.69, 9.17) is 21.1 Å². The van der Waals surface area contributed by atoms with E-state index in [0.717, 1.165) is 12.1 Å². The van der Waals surface area contributed by atoms with Gasteiger partial charge in [0.2, 0.25) is 11.6 Å². The van der Waals surface area contributed by atoms with Crippen molar-refractivity contribution in [3.05, 3.63) is 62.6 Å². The van der Waals surface area contributed by atoms with Crippen molar-refractivity contribution in [3.63, 3.8) is 0 Å². The predicted molar refractivity (Wildman–Crippen MR) is 116 cm³/mol. The summed E-state index contributed by atoms with van der Waals surface area (Å²) >= 11 is 5.53. The van der Waals surface area contributed by atoms with Gasteiger partial charge in [0, 0.05) is 5.92 Å². The van der Waals surface area contributed by atoms with Crippen LogP contribution in [0.5, 0.6) is 11.5 Å². The highest BCUT2D eigenvalue weighted by Crippen LogP contribution is 2.39. The lowest BCUT2D eigenvalue weighted by atomic mass is 9.98. The summed E-state index contributed by atoms with van der Waals surface area (Å²) in [6, 6.07) is 2.09. The average Bonchev–Trinajstić information content (AvgIpc) is 2.69. The van der Waals surface area contributed by atoms with E-state index >= 15 is 0 Å². The number of hydrogen-bond donors (Lipinski definition) is 1. The molecule has 1 atom stereocenters. The Morgan fingerprint density at radius 1 is 1.09 bits per heavy atom. The van der Waals surface area contributed by atoms with Crippen molar-refractivity contribution in [2.45, 2.75) is 52.1 Å². The van der Waals surface area contributed by atoms with Crippen LogP contribution in [0.1, 0.15) is 51.2 Å². The van der Waals surface area contributed by atoms with E-state index < -0.39 is 63.0 Å². The molecule has 2 heterocycles. The molecule has 0 aliphatic carbocycles. The Kier molecular flexibility index (Phi) is 7.00. The Balaban J connectivity index is 2.09. The second-order valence-corrected chi connectivity index (χ2v) is 9.13. The second-order valence-electron chi connectivity index (χ2n) is 8.72. The van der Waals surface area contributed by atoms with E-state index in [2.05, 4.69) is 15.0 Å². The largest absolute Gasteiger partial charge is 0.472 e. The van der Waals surface area contributed by atoms with Crippen LogP contribution in [0.3, 0.4) is 0 Å². The van der Waals surface area contributed by atoms with Gasteiger partial charge in [-0.1, -0.05) is 18.5 Å². The normalized spacial score (nSPS) is 17.1. The quantitative estimate of drug-likeness (QED) is 0.450. The van der Waals surface area contributed by atoms with Crippen molar-refractivity contribution < 1.29 is 35.8 Å². The summed E-state index contributed by atoms with van der Waals surface area (Å²) in [5, 5.41) is -0.686. The van der Waals surface area contributed by atoms with Crippen LogP contribution in [0.15, 0.2) is 39.9 Å². The zero-order valence-corrected chi connectivity index (χ0v) is 19.6. The minimum atomic E-state index is -5.17. The van der Waals surface area contributed by atoms with E-state index in [-0.39, 0.29) is 11.6 Å². The van der Waals surface area contributed by atoms with Gasteiger partial charge in [0.1, 0.15) is 11.4 Å². The molecule has 0 saturated carbocycles. The minimum Gasteiger partial charge on any atom is -0.472 e. The van der Waals surface area contributed by atoms with Crippen molar-refractivity contribution in [2.75, 3.05) is 0 Å². The van der Waals surface area contributed by atoms with Crippen LogP contribution in [0.2, 0.25) is 5.02 Å². The maximum atomic E-state index is 13.8. The van der Waals surface area contributed by atoms with Gasteiger partial charge in [-0.15, -0.1) is 0 Å². The maximum Gasteiger partial charge on any atom is 0.437 e. The number of alkyl halides is 6. The first-order valence-electron chi connectivity index (χ1n) is 10.2. The number of benzene rings is 1. The number of H-pyrrole nitrogens is 1. The maximum absolute atomic E-state index is 13.8. The van der Waals surface area contributed by atoms with Gasteiger partial charge in [0.15, 0.2) is 11.5 Å². The van der Waals surface area contributed by atoms with Crippen molar-refractivity contribution in [2.24, 2.45) is 10.9 Å². The number of aromatic amines is 1. The second kappa shape index (κ2) is 9.21. The number of hydrogen-bond acceptors (Lipinski definition) is 5. The first-order chi connectivity index (χ1) is 16.0. The molecule has 2 aromatic rings. The Morgan fingerprint density at radius 2 is 1.74 bits per heavy atom. The summed E-state index contributed by atoms with van der Waals surface area (Å²) in [6.07, 6.45) is -8.04. The molecule has 0 bridgehead atoms. The first kappa shape index (κ1) is 26.6. The Morgan fingerprint density at radius 3 is 2.31 bits per heavy atom. The van der Waals surface area contributed by atoms with E-state index in [1.165, 1.54) is 0 Å². The third kappa shape index (κ3) is 6.36. The molecule has 3 rings (SSSR count). The molecule has 0 fully saturated rings. The molecular weight excluding hydrogens is 504 g/mol. The summed E-state index contributed by atoms with van der Waals surface area (Å²) in [5.74, 6) is -2.72. The molecule has 0 radical (unpaired) electrons. The molecule has 35 heavy (non-hydrogen) atoms. The van der Waals surface area contributed by atoms with Crippen LogP contribution in [0, 0.1) is 5.92 Å². The third-order valence-electron chi connectivity index (χ3n) is 4.61. The molecule has 0 spiro atoms. The SMILES string of the molecule is CC1CC=C(OC(C)(C)C)N=C1c1nc(C(F)(F)F)c(Oc2ccc(Cl)c(C(F)(F)F)c2)c(=O)[nH]1. The number of nitrogens with one attached hydrogen (secondary N) is 1. The third-order valence-corrected chi connectivity index (χ3v) is 4.93. The lowest BCUT2D eigenvalue weighted by Gasteiger charge is -2.25. The van der Waals surface area contributed by atoms with Gasteiger partial charge in [-0.3, -0.25) is 4.79 Å². The summed E-state index contributed by atoms with van der Waals surface area (Å²) < 4.78 is 91.5. The lowest BCUT2D eigenvalue weighted by Crippen LogP contribution is -2.28. The van der Waals surface area contributed by atoms with Crippen molar-refractivity contribution in [3.8, 4) is 11.5 Å². The zero-order valence-electron chi connectivity index (χ0n) is 18.9. The van der Waals surface area contributed by atoms with Gasteiger partial charge < -0.3 is 14.5 Å². The molecule has 1 N–H and O–H groups in total. The molecule has 1 aliphatic rings. The van der Waals surface area contributed by atoms with Crippen LogP contribution in [-0.2, 0) is 17.1 Å². The zero-order chi connectivity index (χ0) is 26.3. The smallest absolute Gasteiger partial charge is 0.437 e. The summed E-state index contributed by atoms with van der Waals surface area (Å²) in [7, 11) is 0. The summed E-state index contributed by atoms with van der Waals surface area (Å²) in [6.45, 7) is 6.95. The Hall–Kier alpha value is -3.02. The van der Waals surface area contributed by atoms with Gasteiger partial charge in [0.25, 0.3) is 5.56 Å². The number of ether oxygens (including phenoxy) is 2. The van der Waals surface area contributed by atoms with Crippen LogP contribution in [-0.4, -0.2) is 21.3 Å². The predicted octanol–water partition coefficient (Wildman–Crippen LogP) is 6.74. The molecule has 1 aromatic carbocycles. The van der Waals surface area contributed by atoms with Crippen molar-refractivity contribution >= 4 is 17.3 Å². The molecule has 13 heteroatoms. The van der Waals surface area contributed by atoms with E-state index in [0.29, 0.717) is 12.5 Å². The van der Waals surface area contributed by atoms with Gasteiger partial charge in [-0.25, -0.2) is 9.98 Å². The van der Waals surface area contributed by atoms with Crippen LogP contribution < -0.4 is 10.3 Å². The Bertz CT molecular complexity index is 1240. The van der Waals surface area contributed by atoms with E-state index in [1.54, 1.807) is 33.8 Å². The van der Waals surface area contributed by atoms with Crippen LogP contribution in [0.25, 0.3) is 0 Å². The standard InChI is InChI=1S/C22H20ClF6N3O3/c1-10-5-8-14(35-20(2,3)4)30-15(10)18-31-17(22(27,28)29)16(19(33)32-18)34-11-6-7-13(23)12(9-11)21(24,25)26/h6-10H,5H2,1-4H3,(H,31,32,33). The van der Waals surface area contributed by atoms with E-state index in [1.807, 2.05) is 0 Å². The monoisotopic (exact) mass is 523 g/mol. The molecular formula is C22H20ClF6N3O3. The van der Waals surface area contributed by atoms with E-state index in [9.17, 15) is 31.1 Å². The van der Waals surface area contributed by atoms with Gasteiger partial charge in [0.05, 0.1) is 16.3 Å². The molecule has 190 valence electrons. The van der Waals surface area contributed by atoms with Crippen molar-refractivity contribution in [1.82, 2.24) is 9.97 Å². The molecule has 0 saturated heterocycles. The number of aromatic nitrogens is 2. The summed E-state index contributed by atoms with van der Waals surface area (Å²) in [4.78, 5) is 22.6. The molecule has 0 amide bonds. The fourth-order valence-electron chi connectivity index (χ4n) is 3.10. The van der Waals surface area contributed by atoms with Crippen molar-refractivity contribution in [1.29, 1.82) is 0 Å². The fraction of sp³-hybridized carbons (Fsp3) is 0.409. The first-order valence-corrected chi connectivity index (χ1v) is 10.6. The van der Waals surface area contributed by atoms with Crippen LogP contribution >= 0.6 is 11.6 Å². The molecule has 1 unspecified atom stereocenters. The highest BCUT2D eigenvalue weighted by molar-refractivity contribution is 6.31. The topological polar surface area (TPSA) is 76.6 Å². The Labute approximate surface area is 200 Å². The highest BCUT2D eigenvalue weighted by Gasteiger charge is 2.40. The highest BCUT2D eigenvalue weighted by atomic mass is 35.5. The number of nitrogens with zero attached hydrogens (tertiary/aromatic N) is 2. The molecule has 6 nitrogen and oxygen atoms in total. The lowest BCUT2D eigenvalue weighted by molar-refractivity contribution is -0.142. The average molecular weight is 524 g/mol.